The molecular weight excluding hydrogens is 340 g/mol. The Balaban J connectivity index is 2.24. The van der Waals surface area contributed by atoms with Gasteiger partial charge in [-0.2, -0.15) is 0 Å². The minimum Gasteiger partial charge on any atom is -0.497 e. The minimum atomic E-state index is -0.745. The molecule has 0 bridgehead atoms. The largest absolute Gasteiger partial charge is 0.497 e. The highest BCUT2D eigenvalue weighted by atomic mass is 16.6. The zero-order valence-electron chi connectivity index (χ0n) is 14.1. The van der Waals surface area contributed by atoms with Crippen molar-refractivity contribution in [2.75, 3.05) is 14.2 Å². The molecular formula is C18H16N2O6. The number of benzene rings is 2. The Morgan fingerprint density at radius 2 is 1.65 bits per heavy atom. The zero-order chi connectivity index (χ0) is 19.1. The van der Waals surface area contributed by atoms with Gasteiger partial charge in [0, 0.05) is 17.7 Å². The van der Waals surface area contributed by atoms with E-state index in [1.54, 1.807) is 24.3 Å². The van der Waals surface area contributed by atoms with Crippen molar-refractivity contribution < 1.29 is 24.0 Å². The van der Waals surface area contributed by atoms with E-state index < -0.39 is 16.8 Å². The lowest BCUT2D eigenvalue weighted by Gasteiger charge is -2.09. The van der Waals surface area contributed by atoms with Crippen LogP contribution in [0.15, 0.2) is 54.2 Å². The summed E-state index contributed by atoms with van der Waals surface area (Å²) < 4.78 is 9.70. The number of ether oxygens (including phenoxy) is 2. The number of non-ortho nitro benzene ring substituents is 1. The van der Waals surface area contributed by atoms with Crippen molar-refractivity contribution >= 4 is 23.6 Å². The van der Waals surface area contributed by atoms with Crippen LogP contribution in [-0.2, 0) is 9.53 Å². The zero-order valence-corrected chi connectivity index (χ0v) is 14.1. The molecule has 1 amide bonds. The Labute approximate surface area is 149 Å². The normalized spacial score (nSPS) is 10.8. The molecule has 1 N–H and O–H groups in total. The topological polar surface area (TPSA) is 108 Å². The minimum absolute atomic E-state index is 0.0796. The first-order valence-corrected chi connectivity index (χ1v) is 7.44. The van der Waals surface area contributed by atoms with E-state index in [1.165, 1.54) is 44.6 Å². The highest BCUT2D eigenvalue weighted by Crippen LogP contribution is 2.15. The maximum absolute atomic E-state index is 12.3. The van der Waals surface area contributed by atoms with Crippen LogP contribution in [0.4, 0.5) is 5.69 Å². The predicted molar refractivity (Wildman–Crippen MR) is 93.5 cm³/mol. The van der Waals surface area contributed by atoms with Gasteiger partial charge >= 0.3 is 5.97 Å². The number of rotatable bonds is 6. The maximum Gasteiger partial charge on any atom is 0.354 e. The molecule has 2 aromatic carbocycles. The Bertz CT molecular complexity index is 841. The number of hydrogen-bond acceptors (Lipinski definition) is 6. The van der Waals surface area contributed by atoms with Gasteiger partial charge in [0.05, 0.1) is 19.1 Å². The van der Waals surface area contributed by atoms with Gasteiger partial charge in [0.25, 0.3) is 11.6 Å². The molecule has 0 unspecified atom stereocenters. The fourth-order valence-electron chi connectivity index (χ4n) is 2.05. The maximum atomic E-state index is 12.3. The van der Waals surface area contributed by atoms with Crippen LogP contribution in [0.1, 0.15) is 15.9 Å². The number of nitrogens with zero attached hydrogens (tertiary/aromatic N) is 1. The molecule has 0 spiro atoms. The van der Waals surface area contributed by atoms with Crippen LogP contribution < -0.4 is 10.1 Å². The number of nitro groups is 1. The third-order valence-corrected chi connectivity index (χ3v) is 3.42. The van der Waals surface area contributed by atoms with Crippen molar-refractivity contribution in [2.24, 2.45) is 0 Å². The Hall–Kier alpha value is -3.68. The van der Waals surface area contributed by atoms with Crippen LogP contribution >= 0.6 is 0 Å². The van der Waals surface area contributed by atoms with Crippen molar-refractivity contribution in [1.29, 1.82) is 0 Å². The van der Waals surface area contributed by atoms with Gasteiger partial charge < -0.3 is 14.8 Å². The summed E-state index contributed by atoms with van der Waals surface area (Å²) in [4.78, 5) is 34.4. The fourth-order valence-corrected chi connectivity index (χ4v) is 2.05. The van der Waals surface area contributed by atoms with Gasteiger partial charge in [0.15, 0.2) is 0 Å². The van der Waals surface area contributed by atoms with Crippen LogP contribution in [0.2, 0.25) is 0 Å². The third-order valence-electron chi connectivity index (χ3n) is 3.42. The molecule has 26 heavy (non-hydrogen) atoms. The Morgan fingerprint density at radius 3 is 2.15 bits per heavy atom. The number of methoxy groups -OCH3 is 2. The van der Waals surface area contributed by atoms with Crippen LogP contribution in [-0.4, -0.2) is 31.0 Å². The van der Waals surface area contributed by atoms with Gasteiger partial charge in [-0.05, 0) is 48.0 Å². The van der Waals surface area contributed by atoms with Crippen molar-refractivity contribution in [3.63, 3.8) is 0 Å². The van der Waals surface area contributed by atoms with Crippen molar-refractivity contribution in [2.45, 2.75) is 0 Å². The second-order valence-corrected chi connectivity index (χ2v) is 5.08. The van der Waals surface area contributed by atoms with E-state index >= 15 is 0 Å². The molecule has 0 aliphatic rings. The summed E-state index contributed by atoms with van der Waals surface area (Å²) in [5.41, 5.74) is 0.640. The van der Waals surface area contributed by atoms with E-state index in [0.29, 0.717) is 16.9 Å². The van der Waals surface area contributed by atoms with Crippen molar-refractivity contribution in [3.05, 3.63) is 75.5 Å². The van der Waals surface area contributed by atoms with Gasteiger partial charge in [-0.1, -0.05) is 0 Å². The summed E-state index contributed by atoms with van der Waals surface area (Å²) in [6, 6.07) is 11.8. The van der Waals surface area contributed by atoms with E-state index in [1.807, 2.05) is 0 Å². The number of nitrogens with one attached hydrogen (secondary N) is 1. The van der Waals surface area contributed by atoms with E-state index in [2.05, 4.69) is 10.1 Å². The van der Waals surface area contributed by atoms with Crippen LogP contribution in [0.25, 0.3) is 6.08 Å². The monoisotopic (exact) mass is 356 g/mol. The molecule has 0 aromatic heterocycles. The number of nitro benzene ring substituents is 1. The third kappa shape index (κ3) is 4.67. The lowest BCUT2D eigenvalue weighted by molar-refractivity contribution is -0.384. The van der Waals surface area contributed by atoms with Crippen molar-refractivity contribution in [3.8, 4) is 5.75 Å². The second-order valence-electron chi connectivity index (χ2n) is 5.08. The number of amides is 1. The number of esters is 1. The van der Waals surface area contributed by atoms with E-state index in [0.717, 1.165) is 0 Å². The number of carbonyl (C=O) groups is 2. The second kappa shape index (κ2) is 8.43. The standard InChI is InChI=1S/C18H16N2O6/c1-25-15-9-5-13(6-10-15)17(21)19-16(18(22)26-2)11-12-3-7-14(8-4-12)20(23)24/h3-11H,1-2H3,(H,19,21)/b16-11-. The van der Waals surface area contributed by atoms with Crippen molar-refractivity contribution in [1.82, 2.24) is 5.32 Å². The average Bonchev–Trinajstić information content (AvgIpc) is 2.67. The highest BCUT2D eigenvalue weighted by Gasteiger charge is 2.15. The molecule has 8 nitrogen and oxygen atoms in total. The number of hydrogen-bond donors (Lipinski definition) is 1. The molecule has 0 aliphatic carbocycles. The molecule has 0 saturated heterocycles. The van der Waals surface area contributed by atoms with E-state index in [9.17, 15) is 19.7 Å². The molecule has 0 fully saturated rings. The molecule has 2 rings (SSSR count). The summed E-state index contributed by atoms with van der Waals surface area (Å²) in [5, 5.41) is 13.2. The first-order chi connectivity index (χ1) is 12.4. The molecule has 0 aliphatic heterocycles. The van der Waals surface area contributed by atoms with Crippen LogP contribution in [0, 0.1) is 10.1 Å². The summed E-state index contributed by atoms with van der Waals surface area (Å²) in [5.74, 6) is -0.660. The lowest BCUT2D eigenvalue weighted by Crippen LogP contribution is -2.28. The predicted octanol–water partition coefficient (Wildman–Crippen LogP) is 2.55. The Kier molecular flexibility index (Phi) is 6.05. The van der Waals surface area contributed by atoms with Gasteiger partial charge in [-0.25, -0.2) is 4.79 Å². The fraction of sp³-hybridized carbons (Fsp3) is 0.111. The van der Waals surface area contributed by atoms with Gasteiger partial charge in [0.1, 0.15) is 11.4 Å². The quantitative estimate of drug-likeness (QED) is 0.369. The van der Waals surface area contributed by atoms with E-state index in [-0.39, 0.29) is 11.4 Å². The number of carbonyl (C=O) groups excluding carboxylic acids is 2. The summed E-state index contributed by atoms with van der Waals surface area (Å²) in [6.07, 6.45) is 1.37. The molecule has 0 atom stereocenters. The molecule has 0 heterocycles. The first-order valence-electron chi connectivity index (χ1n) is 7.44. The van der Waals surface area contributed by atoms with Gasteiger partial charge in [0.2, 0.25) is 0 Å². The highest BCUT2D eigenvalue weighted by molar-refractivity contribution is 6.03. The van der Waals surface area contributed by atoms with Gasteiger partial charge in [-0.15, -0.1) is 0 Å². The molecule has 0 saturated carbocycles. The van der Waals surface area contributed by atoms with Crippen LogP contribution in [0.3, 0.4) is 0 Å². The SMILES string of the molecule is COC(=O)/C(=C/c1ccc([N+](=O)[O-])cc1)NC(=O)c1ccc(OC)cc1. The van der Waals surface area contributed by atoms with E-state index in [4.69, 9.17) is 4.74 Å². The molecule has 2 aromatic rings. The first kappa shape index (κ1) is 18.7. The summed E-state index contributed by atoms with van der Waals surface area (Å²) >= 11 is 0. The summed E-state index contributed by atoms with van der Waals surface area (Å²) in [6.45, 7) is 0. The average molecular weight is 356 g/mol. The smallest absolute Gasteiger partial charge is 0.354 e. The Morgan fingerprint density at radius 1 is 1.04 bits per heavy atom. The molecule has 0 radical (unpaired) electrons. The summed E-state index contributed by atoms with van der Waals surface area (Å²) in [7, 11) is 2.70. The van der Waals surface area contributed by atoms with Crippen LogP contribution in [0.5, 0.6) is 5.75 Å². The lowest BCUT2D eigenvalue weighted by atomic mass is 10.1. The van der Waals surface area contributed by atoms with Gasteiger partial charge in [-0.3, -0.25) is 14.9 Å². The molecule has 8 heteroatoms. The molecule has 134 valence electrons.